The van der Waals surface area contributed by atoms with Gasteiger partial charge in [0, 0.05) is 12.0 Å². The van der Waals surface area contributed by atoms with Gasteiger partial charge in [0.15, 0.2) is 0 Å². The lowest BCUT2D eigenvalue weighted by molar-refractivity contribution is -0.137. The number of esters is 1. The molecule has 0 aromatic heterocycles. The van der Waals surface area contributed by atoms with Crippen molar-refractivity contribution in [1.82, 2.24) is 0 Å². The average Bonchev–Trinajstić information content (AvgIpc) is 2.64. The second-order valence-corrected chi connectivity index (χ2v) is 6.65. The van der Waals surface area contributed by atoms with Crippen LogP contribution >= 0.6 is 0 Å². The molecule has 0 bridgehead atoms. The second kappa shape index (κ2) is 22.2. The fourth-order valence-corrected chi connectivity index (χ4v) is 2.26. The van der Waals surface area contributed by atoms with Gasteiger partial charge in [-0.1, -0.05) is 69.9 Å². The Kier molecular flexibility index (Phi) is 22.5. The van der Waals surface area contributed by atoms with E-state index in [4.69, 9.17) is 5.11 Å². The number of allylic oxidation sites excluding steroid dienone is 4. The highest BCUT2D eigenvalue weighted by molar-refractivity contribution is 5.86. The fourth-order valence-electron chi connectivity index (χ4n) is 2.26. The maximum atomic E-state index is 10.3. The molecule has 1 N–H and O–H groups in total. The molecule has 0 aromatic rings. The molecule has 0 fully saturated rings. The van der Waals surface area contributed by atoms with Crippen LogP contribution in [0.1, 0.15) is 90.9 Å². The summed E-state index contributed by atoms with van der Waals surface area (Å²) in [6, 6.07) is 0. The lowest BCUT2D eigenvalue weighted by Gasteiger charge is -1.98. The molecule has 0 aliphatic heterocycles. The van der Waals surface area contributed by atoms with Gasteiger partial charge >= 0.3 is 11.9 Å². The highest BCUT2D eigenvalue weighted by Crippen LogP contribution is 2.08. The van der Waals surface area contributed by atoms with Crippen molar-refractivity contribution in [3.63, 3.8) is 0 Å². The molecule has 0 saturated carbocycles. The Morgan fingerprint density at radius 3 is 1.85 bits per heavy atom. The van der Waals surface area contributed by atoms with E-state index in [2.05, 4.69) is 42.5 Å². The minimum Gasteiger partial charge on any atom is -0.481 e. The van der Waals surface area contributed by atoms with Crippen molar-refractivity contribution in [2.45, 2.75) is 90.9 Å². The molecule has 0 radical (unpaired) electrons. The maximum Gasteiger partial charge on any atom is 0.332 e. The van der Waals surface area contributed by atoms with Crippen molar-refractivity contribution < 1.29 is 19.4 Å². The number of carbonyl (C=O) groups is 2. The quantitative estimate of drug-likeness (QED) is 0.150. The summed E-state index contributed by atoms with van der Waals surface area (Å²) in [6.45, 7) is 7.19. The number of unbranched alkanes of at least 4 members (excludes halogenated alkanes) is 8. The predicted octanol–water partition coefficient (Wildman–Crippen LogP) is 6.62. The number of carboxylic acids is 1. The molecule has 0 aliphatic carbocycles. The van der Waals surface area contributed by atoms with Gasteiger partial charge in [-0.2, -0.15) is 0 Å². The molecule has 0 heterocycles. The lowest BCUT2D eigenvalue weighted by atomic mass is 10.1. The number of carboxylic acid groups (broad SMARTS) is 1. The topological polar surface area (TPSA) is 63.6 Å². The minimum atomic E-state index is -0.671. The van der Waals surface area contributed by atoms with Gasteiger partial charge < -0.3 is 9.84 Å². The average molecular weight is 381 g/mol. The molecule has 0 aromatic carbocycles. The van der Waals surface area contributed by atoms with Crippen molar-refractivity contribution in [3.05, 3.63) is 36.5 Å². The van der Waals surface area contributed by atoms with Crippen LogP contribution in [0, 0.1) is 0 Å². The van der Waals surface area contributed by atoms with E-state index in [0.717, 1.165) is 25.7 Å². The smallest absolute Gasteiger partial charge is 0.332 e. The van der Waals surface area contributed by atoms with Gasteiger partial charge in [0.05, 0.1) is 7.11 Å². The zero-order chi connectivity index (χ0) is 20.8. The Balaban J connectivity index is 0. The molecular weight excluding hydrogens is 340 g/mol. The highest BCUT2D eigenvalue weighted by atomic mass is 16.5. The third kappa shape index (κ3) is 26.5. The van der Waals surface area contributed by atoms with E-state index < -0.39 is 5.97 Å². The zero-order valence-electron chi connectivity index (χ0n) is 17.7. The summed E-state index contributed by atoms with van der Waals surface area (Å²) in [4.78, 5) is 20.5. The molecule has 0 spiro atoms. The molecule has 0 amide bonds. The van der Waals surface area contributed by atoms with E-state index in [1.165, 1.54) is 52.1 Å². The Bertz CT molecular complexity index is 436. The van der Waals surface area contributed by atoms with E-state index in [9.17, 15) is 9.59 Å². The molecule has 0 saturated heterocycles. The van der Waals surface area contributed by atoms with Gasteiger partial charge in [0.2, 0.25) is 0 Å². The van der Waals surface area contributed by atoms with E-state index in [-0.39, 0.29) is 5.97 Å². The van der Waals surface area contributed by atoms with Gasteiger partial charge in [0.1, 0.15) is 0 Å². The highest BCUT2D eigenvalue weighted by Gasteiger charge is 1.96. The molecule has 4 nitrogen and oxygen atoms in total. The predicted molar refractivity (Wildman–Crippen MR) is 114 cm³/mol. The Labute approximate surface area is 166 Å². The van der Waals surface area contributed by atoms with Gasteiger partial charge in [-0.15, -0.1) is 0 Å². The number of hydrogen-bond donors (Lipinski definition) is 1. The van der Waals surface area contributed by atoms with Gasteiger partial charge in [-0.05, 0) is 45.4 Å². The molecule has 0 atom stereocenters. The largest absolute Gasteiger partial charge is 0.481 e. The summed E-state index contributed by atoms with van der Waals surface area (Å²) in [5.41, 5.74) is 0.433. The molecule has 0 aliphatic rings. The Hall–Kier alpha value is -1.84. The summed E-state index contributed by atoms with van der Waals surface area (Å²) >= 11 is 0. The second-order valence-electron chi connectivity index (χ2n) is 6.65. The van der Waals surface area contributed by atoms with Crippen molar-refractivity contribution >= 4 is 11.9 Å². The van der Waals surface area contributed by atoms with E-state index in [1.54, 1.807) is 6.92 Å². The molecule has 156 valence electrons. The number of rotatable bonds is 15. The standard InChI is InChI=1S/C18H32O2.C5H8O2/c1-2-3-4-5-6-7-8-9-10-11-12-13-14-15-16-17-18(19)20;1-4(2)5(6)7-3/h6-7,9-10H,2-5,8,11-17H2,1H3,(H,19,20);1H2,2-3H3/b7-6-,10-9-;. The van der Waals surface area contributed by atoms with Crippen molar-refractivity contribution in [1.29, 1.82) is 0 Å². The summed E-state index contributed by atoms with van der Waals surface area (Å²) < 4.78 is 4.27. The summed E-state index contributed by atoms with van der Waals surface area (Å²) in [6.07, 6.45) is 22.3. The zero-order valence-corrected chi connectivity index (χ0v) is 17.7. The number of methoxy groups -OCH3 is 1. The summed E-state index contributed by atoms with van der Waals surface area (Å²) in [5, 5.41) is 8.50. The third-order valence-corrected chi connectivity index (χ3v) is 3.88. The first kappa shape index (κ1) is 27.4. The van der Waals surface area contributed by atoms with Crippen molar-refractivity contribution in [3.8, 4) is 0 Å². The summed E-state index contributed by atoms with van der Waals surface area (Å²) in [7, 11) is 1.33. The first-order valence-corrected chi connectivity index (χ1v) is 10.2. The SMILES string of the molecule is C=C(C)C(=O)OC.CCCCC/C=C\C/C=C\CCCCCCCC(=O)O. The normalized spacial score (nSPS) is 10.6. The fraction of sp³-hybridized carbons (Fsp3) is 0.652. The number of ether oxygens (including phenoxy) is 1. The van der Waals surface area contributed by atoms with Crippen molar-refractivity contribution in [2.24, 2.45) is 0 Å². The van der Waals surface area contributed by atoms with Crippen molar-refractivity contribution in [2.75, 3.05) is 7.11 Å². The van der Waals surface area contributed by atoms with Crippen LogP contribution in [-0.4, -0.2) is 24.2 Å². The van der Waals surface area contributed by atoms with Crippen LogP contribution in [0.3, 0.4) is 0 Å². The van der Waals surface area contributed by atoms with E-state index >= 15 is 0 Å². The molecule has 27 heavy (non-hydrogen) atoms. The van der Waals surface area contributed by atoms with Crippen LogP contribution < -0.4 is 0 Å². The summed E-state index contributed by atoms with van der Waals surface area (Å²) in [5.74, 6) is -1.02. The first-order chi connectivity index (χ1) is 13.0. The molecule has 4 heteroatoms. The van der Waals surface area contributed by atoms with Crippen LogP contribution in [-0.2, 0) is 14.3 Å². The van der Waals surface area contributed by atoms with Crippen LogP contribution in [0.2, 0.25) is 0 Å². The van der Waals surface area contributed by atoms with E-state index in [0.29, 0.717) is 12.0 Å². The number of hydrogen-bond acceptors (Lipinski definition) is 3. The van der Waals surface area contributed by atoms with Crippen LogP contribution in [0.4, 0.5) is 0 Å². The van der Waals surface area contributed by atoms with Gasteiger partial charge in [-0.3, -0.25) is 4.79 Å². The first-order valence-electron chi connectivity index (χ1n) is 10.2. The number of aliphatic carboxylic acids is 1. The number of carbonyl (C=O) groups excluding carboxylic acids is 1. The molecule has 0 rings (SSSR count). The monoisotopic (exact) mass is 380 g/mol. The van der Waals surface area contributed by atoms with Gasteiger partial charge in [0.25, 0.3) is 0 Å². The maximum absolute atomic E-state index is 10.3. The Morgan fingerprint density at radius 1 is 0.889 bits per heavy atom. The molecular formula is C23H40O4. The Morgan fingerprint density at radius 2 is 1.41 bits per heavy atom. The van der Waals surface area contributed by atoms with Crippen LogP contribution in [0.5, 0.6) is 0 Å². The van der Waals surface area contributed by atoms with Crippen LogP contribution in [0.25, 0.3) is 0 Å². The minimum absolute atomic E-state index is 0.324. The lowest BCUT2D eigenvalue weighted by Crippen LogP contribution is -1.98. The molecule has 0 unspecified atom stereocenters. The van der Waals surface area contributed by atoms with Crippen LogP contribution in [0.15, 0.2) is 36.5 Å². The third-order valence-electron chi connectivity index (χ3n) is 3.88. The van der Waals surface area contributed by atoms with E-state index in [1.807, 2.05) is 0 Å². The van der Waals surface area contributed by atoms with Gasteiger partial charge in [-0.25, -0.2) is 4.79 Å².